The van der Waals surface area contributed by atoms with Crippen LogP contribution in [0.5, 0.6) is 0 Å². The molecule has 1 N–H and O–H groups in total. The molecule has 1 aromatic rings. The van der Waals surface area contributed by atoms with Crippen LogP contribution < -0.4 is 10.2 Å². The zero-order valence-electron chi connectivity index (χ0n) is 12.6. The number of nitrogens with zero attached hydrogens (tertiary/aromatic N) is 1. The van der Waals surface area contributed by atoms with Gasteiger partial charge in [-0.1, -0.05) is 6.92 Å². The average Bonchev–Trinajstić information content (AvgIpc) is 2.48. The number of rotatable bonds is 4. The van der Waals surface area contributed by atoms with Crippen LogP contribution >= 0.6 is 12.4 Å². The van der Waals surface area contributed by atoms with Crippen molar-refractivity contribution in [3.05, 3.63) is 30.1 Å². The molecule has 0 aliphatic carbocycles. The van der Waals surface area contributed by atoms with Gasteiger partial charge in [0.1, 0.15) is 5.82 Å². The maximum absolute atomic E-state index is 12.9. The van der Waals surface area contributed by atoms with Gasteiger partial charge in [-0.25, -0.2) is 4.39 Å². The predicted molar refractivity (Wildman–Crippen MR) is 86.4 cm³/mol. The van der Waals surface area contributed by atoms with E-state index >= 15 is 0 Å². The summed E-state index contributed by atoms with van der Waals surface area (Å²) in [5.41, 5.74) is 0.741. The smallest absolute Gasteiger partial charge is 0.226 e. The van der Waals surface area contributed by atoms with E-state index < -0.39 is 0 Å². The summed E-state index contributed by atoms with van der Waals surface area (Å²) in [5, 5.41) is 3.39. The standard InChI is InChI=1S/C16H23FN2O.ClH/c1-12(13-4-3-9-18-11-13)10-16(20)19(2)15-7-5-14(17)6-8-15;/h5-8,12-13,18H,3-4,9-11H2,1-2H3;1H. The number of carbonyl (C=O) groups excluding carboxylic acids is 1. The molecule has 1 aliphatic rings. The summed E-state index contributed by atoms with van der Waals surface area (Å²) < 4.78 is 12.9. The normalized spacial score (nSPS) is 19.5. The summed E-state index contributed by atoms with van der Waals surface area (Å²) in [6.07, 6.45) is 2.93. The minimum Gasteiger partial charge on any atom is -0.316 e. The highest BCUT2D eigenvalue weighted by Crippen LogP contribution is 2.24. The van der Waals surface area contributed by atoms with Gasteiger partial charge < -0.3 is 10.2 Å². The van der Waals surface area contributed by atoms with E-state index in [1.165, 1.54) is 25.0 Å². The van der Waals surface area contributed by atoms with Crippen molar-refractivity contribution in [2.45, 2.75) is 26.2 Å². The fourth-order valence-corrected chi connectivity index (χ4v) is 2.75. The first-order valence-electron chi connectivity index (χ1n) is 7.30. The molecular weight excluding hydrogens is 291 g/mol. The summed E-state index contributed by atoms with van der Waals surface area (Å²) in [5.74, 6) is 0.762. The Bertz CT molecular complexity index is 446. The van der Waals surface area contributed by atoms with E-state index in [2.05, 4.69) is 12.2 Å². The minimum atomic E-state index is -0.281. The molecule has 1 amide bonds. The first-order chi connectivity index (χ1) is 9.58. The number of hydrogen-bond donors (Lipinski definition) is 1. The van der Waals surface area contributed by atoms with Gasteiger partial charge in [0.15, 0.2) is 0 Å². The van der Waals surface area contributed by atoms with Crippen molar-refractivity contribution in [2.75, 3.05) is 25.0 Å². The van der Waals surface area contributed by atoms with Gasteiger partial charge >= 0.3 is 0 Å². The molecule has 0 saturated carbocycles. The van der Waals surface area contributed by atoms with E-state index in [0.29, 0.717) is 18.3 Å². The topological polar surface area (TPSA) is 32.3 Å². The molecule has 0 bridgehead atoms. The van der Waals surface area contributed by atoms with Crippen molar-refractivity contribution in [3.63, 3.8) is 0 Å². The van der Waals surface area contributed by atoms with Gasteiger partial charge in [-0.05, 0) is 62.0 Å². The van der Waals surface area contributed by atoms with Crippen molar-refractivity contribution in [1.29, 1.82) is 0 Å². The number of piperidine rings is 1. The van der Waals surface area contributed by atoms with Crippen LogP contribution in [0.25, 0.3) is 0 Å². The molecule has 0 radical (unpaired) electrons. The number of hydrogen-bond acceptors (Lipinski definition) is 2. The summed E-state index contributed by atoms with van der Waals surface area (Å²) in [6, 6.07) is 6.04. The average molecular weight is 315 g/mol. The lowest BCUT2D eigenvalue weighted by Crippen LogP contribution is -2.36. The molecule has 5 heteroatoms. The van der Waals surface area contributed by atoms with Crippen molar-refractivity contribution >= 4 is 24.0 Å². The summed E-state index contributed by atoms with van der Waals surface area (Å²) in [4.78, 5) is 13.9. The second kappa shape index (κ2) is 8.35. The Kier molecular flexibility index (Phi) is 7.12. The number of amides is 1. The lowest BCUT2D eigenvalue weighted by Gasteiger charge is -2.29. The molecule has 0 aromatic heterocycles. The second-order valence-corrected chi connectivity index (χ2v) is 5.72. The number of halogens is 2. The largest absolute Gasteiger partial charge is 0.316 e. The van der Waals surface area contributed by atoms with Gasteiger partial charge in [-0.15, -0.1) is 12.4 Å². The van der Waals surface area contributed by atoms with Crippen LogP contribution in [0.3, 0.4) is 0 Å². The van der Waals surface area contributed by atoms with E-state index in [0.717, 1.165) is 18.8 Å². The molecule has 2 atom stereocenters. The zero-order valence-corrected chi connectivity index (χ0v) is 13.5. The lowest BCUT2D eigenvalue weighted by molar-refractivity contribution is -0.119. The second-order valence-electron chi connectivity index (χ2n) is 5.72. The molecule has 1 heterocycles. The van der Waals surface area contributed by atoms with Crippen LogP contribution in [0.1, 0.15) is 26.2 Å². The Balaban J connectivity index is 0.00000220. The van der Waals surface area contributed by atoms with E-state index in [-0.39, 0.29) is 24.1 Å². The van der Waals surface area contributed by atoms with E-state index in [1.807, 2.05) is 0 Å². The third-order valence-electron chi connectivity index (χ3n) is 4.22. The van der Waals surface area contributed by atoms with Crippen LogP contribution in [0.15, 0.2) is 24.3 Å². The Hall–Kier alpha value is -1.13. The van der Waals surface area contributed by atoms with Crippen molar-refractivity contribution in [1.82, 2.24) is 5.32 Å². The monoisotopic (exact) mass is 314 g/mol. The highest BCUT2D eigenvalue weighted by molar-refractivity contribution is 5.92. The molecule has 2 rings (SSSR count). The maximum atomic E-state index is 12.9. The third kappa shape index (κ3) is 4.97. The highest BCUT2D eigenvalue weighted by Gasteiger charge is 2.23. The SMILES string of the molecule is CC(CC(=O)N(C)c1ccc(F)cc1)C1CCCNC1.Cl. The van der Waals surface area contributed by atoms with Gasteiger partial charge in [-0.3, -0.25) is 4.79 Å². The summed E-state index contributed by atoms with van der Waals surface area (Å²) in [6.45, 7) is 4.25. The molecule has 2 unspecified atom stereocenters. The quantitative estimate of drug-likeness (QED) is 0.925. The van der Waals surface area contributed by atoms with Gasteiger partial charge in [0.2, 0.25) is 5.91 Å². The molecule has 0 spiro atoms. The van der Waals surface area contributed by atoms with Crippen LogP contribution in [0.2, 0.25) is 0 Å². The third-order valence-corrected chi connectivity index (χ3v) is 4.22. The Labute approximate surface area is 132 Å². The minimum absolute atomic E-state index is 0. The Morgan fingerprint density at radius 2 is 2.10 bits per heavy atom. The molecule has 1 aromatic carbocycles. The van der Waals surface area contributed by atoms with E-state index in [4.69, 9.17) is 0 Å². The lowest BCUT2D eigenvalue weighted by atomic mass is 9.85. The molecule has 21 heavy (non-hydrogen) atoms. The summed E-state index contributed by atoms with van der Waals surface area (Å²) >= 11 is 0. The first-order valence-corrected chi connectivity index (χ1v) is 7.30. The Morgan fingerprint density at radius 3 is 2.67 bits per heavy atom. The number of anilines is 1. The van der Waals surface area contributed by atoms with Crippen LogP contribution in [-0.4, -0.2) is 26.0 Å². The number of carbonyl (C=O) groups is 1. The predicted octanol–water partition coefficient (Wildman–Crippen LogP) is 3.24. The Morgan fingerprint density at radius 1 is 1.43 bits per heavy atom. The molecule has 1 saturated heterocycles. The molecule has 118 valence electrons. The van der Waals surface area contributed by atoms with Gasteiger partial charge in [-0.2, -0.15) is 0 Å². The number of benzene rings is 1. The van der Waals surface area contributed by atoms with Gasteiger partial charge in [0, 0.05) is 19.2 Å². The molecule has 1 fully saturated rings. The van der Waals surface area contributed by atoms with E-state index in [9.17, 15) is 9.18 Å². The van der Waals surface area contributed by atoms with Crippen molar-refractivity contribution < 1.29 is 9.18 Å². The van der Waals surface area contributed by atoms with Gasteiger partial charge in [0.25, 0.3) is 0 Å². The summed E-state index contributed by atoms with van der Waals surface area (Å²) in [7, 11) is 1.75. The first kappa shape index (κ1) is 17.9. The number of nitrogens with one attached hydrogen (secondary N) is 1. The highest BCUT2D eigenvalue weighted by atomic mass is 35.5. The fourth-order valence-electron chi connectivity index (χ4n) is 2.75. The van der Waals surface area contributed by atoms with Crippen LogP contribution in [0.4, 0.5) is 10.1 Å². The van der Waals surface area contributed by atoms with Crippen molar-refractivity contribution in [2.24, 2.45) is 11.8 Å². The van der Waals surface area contributed by atoms with Crippen LogP contribution in [-0.2, 0) is 4.79 Å². The van der Waals surface area contributed by atoms with Crippen LogP contribution in [0, 0.1) is 17.7 Å². The molecule has 1 aliphatic heterocycles. The zero-order chi connectivity index (χ0) is 14.5. The molecule has 3 nitrogen and oxygen atoms in total. The van der Waals surface area contributed by atoms with E-state index in [1.54, 1.807) is 24.1 Å². The maximum Gasteiger partial charge on any atom is 0.226 e. The van der Waals surface area contributed by atoms with Crippen molar-refractivity contribution in [3.8, 4) is 0 Å². The van der Waals surface area contributed by atoms with Gasteiger partial charge in [0.05, 0.1) is 0 Å². The fraction of sp³-hybridized carbons (Fsp3) is 0.562. The molecular formula is C16H24ClFN2O.